The van der Waals surface area contributed by atoms with Crippen molar-refractivity contribution in [3.05, 3.63) is 29.3 Å². The first kappa shape index (κ1) is 17.5. The molecule has 5 N–H and O–H groups in total. The van der Waals surface area contributed by atoms with E-state index in [1.807, 2.05) is 19.1 Å². The van der Waals surface area contributed by atoms with Crippen LogP contribution in [0.1, 0.15) is 19.8 Å². The molecule has 1 aliphatic rings. The first-order valence-corrected chi connectivity index (χ1v) is 7.84. The first-order valence-electron chi connectivity index (χ1n) is 7.46. The summed E-state index contributed by atoms with van der Waals surface area (Å²) < 4.78 is 5.53. The minimum absolute atomic E-state index is 0.0872. The third-order valence-electron chi connectivity index (χ3n) is 3.64. The molecule has 23 heavy (non-hydrogen) atoms. The van der Waals surface area contributed by atoms with E-state index in [1.54, 1.807) is 12.1 Å². The van der Waals surface area contributed by atoms with Crippen LogP contribution in [0.4, 0.5) is 0 Å². The van der Waals surface area contributed by atoms with Crippen molar-refractivity contribution in [1.82, 2.24) is 16.2 Å². The zero-order valence-electron chi connectivity index (χ0n) is 12.8. The van der Waals surface area contributed by atoms with E-state index in [-0.39, 0.29) is 18.0 Å². The van der Waals surface area contributed by atoms with E-state index in [4.69, 9.17) is 22.1 Å². The Morgan fingerprint density at radius 1 is 1.35 bits per heavy atom. The number of rotatable bonds is 7. The van der Waals surface area contributed by atoms with Gasteiger partial charge in [0.25, 0.3) is 0 Å². The number of hydrogen-bond acceptors (Lipinski definition) is 5. The predicted molar refractivity (Wildman–Crippen MR) is 86.8 cm³/mol. The van der Waals surface area contributed by atoms with E-state index in [0.29, 0.717) is 30.2 Å². The molecule has 0 spiro atoms. The molecule has 1 aliphatic heterocycles. The molecule has 0 aliphatic carbocycles. The molecule has 126 valence electrons. The molecule has 0 bridgehead atoms. The van der Waals surface area contributed by atoms with Crippen LogP contribution < -0.4 is 26.6 Å². The normalized spacial score (nSPS) is 23.5. The van der Waals surface area contributed by atoms with E-state index in [9.17, 15) is 9.59 Å². The molecule has 3 unspecified atom stereocenters. The van der Waals surface area contributed by atoms with Crippen molar-refractivity contribution in [1.29, 1.82) is 0 Å². The summed E-state index contributed by atoms with van der Waals surface area (Å²) in [4.78, 5) is 23.3. The molecule has 0 aromatic heterocycles. The van der Waals surface area contributed by atoms with Crippen LogP contribution in [0, 0.1) is 0 Å². The van der Waals surface area contributed by atoms with Crippen molar-refractivity contribution in [2.24, 2.45) is 5.73 Å². The monoisotopic (exact) mass is 340 g/mol. The van der Waals surface area contributed by atoms with E-state index in [2.05, 4.69) is 16.2 Å². The Bertz CT molecular complexity index is 569. The Labute approximate surface area is 139 Å². The number of carbonyl (C=O) groups excluding carboxylic acids is 2. The summed E-state index contributed by atoms with van der Waals surface area (Å²) in [5.74, 6) is -0.0586. The summed E-state index contributed by atoms with van der Waals surface area (Å²) in [5.41, 5.74) is 11.0. The largest absolute Gasteiger partial charge is 0.492 e. The lowest BCUT2D eigenvalue weighted by Crippen LogP contribution is -2.52. The van der Waals surface area contributed by atoms with Gasteiger partial charge in [0.05, 0.1) is 17.7 Å². The second-order valence-electron chi connectivity index (χ2n) is 5.43. The molecule has 3 atom stereocenters. The third-order valence-corrected chi connectivity index (χ3v) is 3.95. The lowest BCUT2D eigenvalue weighted by molar-refractivity contribution is -0.123. The highest BCUT2D eigenvalue weighted by atomic mass is 35.5. The fourth-order valence-electron chi connectivity index (χ4n) is 2.38. The number of hydrazine groups is 1. The average Bonchev–Trinajstić information content (AvgIpc) is 2.86. The lowest BCUT2D eigenvalue weighted by Gasteiger charge is -2.20. The fraction of sp³-hybridized carbons (Fsp3) is 0.467. The van der Waals surface area contributed by atoms with Crippen LogP contribution in [0.2, 0.25) is 5.02 Å². The molecule has 7 nitrogen and oxygen atoms in total. The third kappa shape index (κ3) is 4.82. The summed E-state index contributed by atoms with van der Waals surface area (Å²) in [6, 6.07) is 6.10. The molecule has 1 aromatic carbocycles. The minimum atomic E-state index is -0.617. The number of carbonyl (C=O) groups is 2. The molecule has 1 aromatic rings. The Balaban J connectivity index is 1.73. The van der Waals surface area contributed by atoms with Crippen LogP contribution in [0.5, 0.6) is 5.75 Å². The van der Waals surface area contributed by atoms with Crippen LogP contribution in [0.3, 0.4) is 0 Å². The van der Waals surface area contributed by atoms with Crippen molar-refractivity contribution in [3.8, 4) is 5.75 Å². The first-order chi connectivity index (χ1) is 11.0. The van der Waals surface area contributed by atoms with Gasteiger partial charge in [0, 0.05) is 12.5 Å². The number of nitrogens with two attached hydrogens (primary N) is 1. The molecule has 2 rings (SSSR count). The molecular weight excluding hydrogens is 320 g/mol. The highest BCUT2D eigenvalue weighted by molar-refractivity contribution is 6.32. The number of hydrogen-bond donors (Lipinski definition) is 4. The topological polar surface area (TPSA) is 105 Å². The Kier molecular flexibility index (Phi) is 6.20. The van der Waals surface area contributed by atoms with Crippen molar-refractivity contribution in [3.63, 3.8) is 0 Å². The number of para-hydroxylation sites is 1. The van der Waals surface area contributed by atoms with Crippen molar-refractivity contribution in [2.75, 3.05) is 6.61 Å². The summed E-state index contributed by atoms with van der Waals surface area (Å²) in [6.45, 7) is 2.24. The zero-order chi connectivity index (χ0) is 16.8. The summed E-state index contributed by atoms with van der Waals surface area (Å²) in [5, 5.41) is 3.36. The Hall–Kier alpha value is -1.83. The van der Waals surface area contributed by atoms with Gasteiger partial charge in [-0.15, -0.1) is 0 Å². The van der Waals surface area contributed by atoms with E-state index in [0.717, 1.165) is 0 Å². The molecule has 0 saturated carbocycles. The number of primary amides is 1. The number of amides is 2. The highest BCUT2D eigenvalue weighted by Crippen LogP contribution is 2.23. The summed E-state index contributed by atoms with van der Waals surface area (Å²) in [6.07, 6.45) is 0.833. The van der Waals surface area contributed by atoms with Crippen molar-refractivity contribution < 1.29 is 14.3 Å². The maximum absolute atomic E-state index is 12.0. The SMILES string of the molecule is CC1NNC(C(N)=O)C1NC(=O)CCCOc1ccccc1Cl. The lowest BCUT2D eigenvalue weighted by atomic mass is 10.0. The van der Waals surface area contributed by atoms with Gasteiger partial charge in [-0.3, -0.25) is 15.0 Å². The quantitative estimate of drug-likeness (QED) is 0.535. The van der Waals surface area contributed by atoms with E-state index < -0.39 is 11.9 Å². The summed E-state index contributed by atoms with van der Waals surface area (Å²) in [7, 11) is 0. The van der Waals surface area contributed by atoms with Gasteiger partial charge in [-0.05, 0) is 25.5 Å². The molecular formula is C15H21ClN4O3. The number of nitrogens with one attached hydrogen (secondary N) is 3. The van der Waals surface area contributed by atoms with E-state index in [1.165, 1.54) is 0 Å². The molecule has 8 heteroatoms. The van der Waals surface area contributed by atoms with Crippen LogP contribution in [0.25, 0.3) is 0 Å². The van der Waals surface area contributed by atoms with Gasteiger partial charge >= 0.3 is 0 Å². The highest BCUT2D eigenvalue weighted by Gasteiger charge is 2.37. The smallest absolute Gasteiger partial charge is 0.238 e. The second-order valence-corrected chi connectivity index (χ2v) is 5.84. The summed E-state index contributed by atoms with van der Waals surface area (Å²) >= 11 is 5.98. The second kappa shape index (κ2) is 8.14. The van der Waals surface area contributed by atoms with Crippen LogP contribution >= 0.6 is 11.6 Å². The number of ether oxygens (including phenoxy) is 1. The number of benzene rings is 1. The zero-order valence-corrected chi connectivity index (χ0v) is 13.6. The van der Waals surface area contributed by atoms with Gasteiger partial charge in [0.2, 0.25) is 11.8 Å². The van der Waals surface area contributed by atoms with Gasteiger partial charge in [-0.1, -0.05) is 23.7 Å². The van der Waals surface area contributed by atoms with Crippen LogP contribution in [0.15, 0.2) is 24.3 Å². The van der Waals surface area contributed by atoms with Gasteiger partial charge in [0.15, 0.2) is 0 Å². The van der Waals surface area contributed by atoms with Gasteiger partial charge < -0.3 is 15.8 Å². The maximum Gasteiger partial charge on any atom is 0.238 e. The minimum Gasteiger partial charge on any atom is -0.492 e. The van der Waals surface area contributed by atoms with Crippen LogP contribution in [-0.4, -0.2) is 36.5 Å². The predicted octanol–water partition coefficient (Wildman–Crippen LogP) is 0.334. The van der Waals surface area contributed by atoms with Gasteiger partial charge in [-0.25, -0.2) is 5.43 Å². The average molecular weight is 341 g/mol. The number of halogens is 1. The fourth-order valence-corrected chi connectivity index (χ4v) is 2.57. The van der Waals surface area contributed by atoms with Gasteiger partial charge in [0.1, 0.15) is 11.8 Å². The maximum atomic E-state index is 12.0. The Morgan fingerprint density at radius 2 is 2.09 bits per heavy atom. The molecule has 1 fully saturated rings. The molecule has 2 amide bonds. The molecule has 0 radical (unpaired) electrons. The van der Waals surface area contributed by atoms with Crippen molar-refractivity contribution in [2.45, 2.75) is 37.9 Å². The van der Waals surface area contributed by atoms with Crippen molar-refractivity contribution >= 4 is 23.4 Å². The van der Waals surface area contributed by atoms with Crippen LogP contribution in [-0.2, 0) is 9.59 Å². The Morgan fingerprint density at radius 3 is 2.78 bits per heavy atom. The molecule has 1 saturated heterocycles. The molecule has 1 heterocycles. The van der Waals surface area contributed by atoms with Gasteiger partial charge in [-0.2, -0.15) is 0 Å². The standard InChI is InChI=1S/C15H21ClN4O3/c1-9-13(14(15(17)22)20-19-9)18-12(21)7-4-8-23-11-6-3-2-5-10(11)16/h2-3,5-6,9,13-14,19-20H,4,7-8H2,1H3,(H2,17,22)(H,18,21). The van der Waals surface area contributed by atoms with E-state index >= 15 is 0 Å².